The summed E-state index contributed by atoms with van der Waals surface area (Å²) < 4.78 is 26.0. The van der Waals surface area contributed by atoms with Crippen molar-refractivity contribution in [3.05, 3.63) is 53.2 Å². The van der Waals surface area contributed by atoms with Crippen molar-refractivity contribution in [3.63, 3.8) is 0 Å². The second kappa shape index (κ2) is 9.01. The van der Waals surface area contributed by atoms with Gasteiger partial charge in [-0.1, -0.05) is 18.2 Å². The number of carbonyl (C=O) groups is 1. The Kier molecular flexibility index (Phi) is 6.32. The smallest absolute Gasteiger partial charge is 0.250 e. The molecule has 4 N–H and O–H groups in total. The van der Waals surface area contributed by atoms with Crippen molar-refractivity contribution in [2.24, 2.45) is 5.73 Å². The molecule has 32 heavy (non-hydrogen) atoms. The summed E-state index contributed by atoms with van der Waals surface area (Å²) in [6.07, 6.45) is 1.37. The summed E-state index contributed by atoms with van der Waals surface area (Å²) >= 11 is 0. The van der Waals surface area contributed by atoms with Crippen LogP contribution in [0.3, 0.4) is 0 Å². The molecule has 0 atom stereocenters. The second-order valence-electron chi connectivity index (χ2n) is 8.22. The molecule has 1 amide bonds. The number of H-pyrrole nitrogens is 1. The van der Waals surface area contributed by atoms with Crippen molar-refractivity contribution < 1.29 is 13.2 Å². The van der Waals surface area contributed by atoms with E-state index in [0.29, 0.717) is 37.0 Å². The van der Waals surface area contributed by atoms with Gasteiger partial charge in [0.2, 0.25) is 10.0 Å². The predicted octanol–water partition coefficient (Wildman–Crippen LogP) is 2.58. The van der Waals surface area contributed by atoms with Crippen LogP contribution in [0.15, 0.2) is 36.4 Å². The van der Waals surface area contributed by atoms with Gasteiger partial charge >= 0.3 is 0 Å². The number of fused-ring (bicyclic) bond motifs is 1. The average molecular weight is 456 g/mol. The summed E-state index contributed by atoms with van der Waals surface area (Å²) in [4.78, 5) is 12.2. The van der Waals surface area contributed by atoms with Crippen molar-refractivity contribution in [3.8, 4) is 11.1 Å². The lowest BCUT2D eigenvalue weighted by Crippen LogP contribution is -2.38. The maximum atomic E-state index is 12.2. The molecule has 8 nitrogen and oxygen atoms in total. The number of hydrogen-bond donors (Lipinski definition) is 3. The number of primary amides is 1. The van der Waals surface area contributed by atoms with Gasteiger partial charge in [-0.3, -0.25) is 9.89 Å². The number of nitrogens with one attached hydrogen (secondary N) is 2. The van der Waals surface area contributed by atoms with Gasteiger partial charge in [0, 0.05) is 30.9 Å². The minimum Gasteiger partial charge on any atom is -0.366 e. The topological polar surface area (TPSA) is 121 Å². The summed E-state index contributed by atoms with van der Waals surface area (Å²) in [5.41, 5.74) is 10.6. The SMILES string of the molecule is CCS(=O)(=O)N1CCC(c2n[nH]c3c(C(N)=O)cc(-c4cccc(CNC)c4)cc23)CC1. The average Bonchev–Trinajstić information content (AvgIpc) is 3.23. The molecule has 1 aliphatic rings. The Labute approximate surface area is 188 Å². The number of carbonyl (C=O) groups excluding carboxylic acids is 1. The van der Waals surface area contributed by atoms with E-state index in [4.69, 9.17) is 5.73 Å². The highest BCUT2D eigenvalue weighted by atomic mass is 32.2. The van der Waals surface area contributed by atoms with E-state index in [-0.39, 0.29) is 11.7 Å². The Morgan fingerprint density at radius 1 is 1.22 bits per heavy atom. The molecule has 9 heteroatoms. The van der Waals surface area contributed by atoms with E-state index in [2.05, 4.69) is 27.6 Å². The van der Waals surface area contributed by atoms with E-state index in [0.717, 1.165) is 34.3 Å². The number of rotatable bonds is 7. The number of benzene rings is 2. The lowest BCUT2D eigenvalue weighted by molar-refractivity contribution is 0.100. The Bertz CT molecular complexity index is 1240. The van der Waals surface area contributed by atoms with Crippen LogP contribution in [-0.2, 0) is 16.6 Å². The minimum atomic E-state index is -3.19. The highest BCUT2D eigenvalue weighted by molar-refractivity contribution is 7.89. The van der Waals surface area contributed by atoms with Crippen LogP contribution in [-0.4, -0.2) is 54.7 Å². The molecule has 1 aromatic heterocycles. The lowest BCUT2D eigenvalue weighted by Gasteiger charge is -2.30. The first-order valence-electron chi connectivity index (χ1n) is 10.9. The molecule has 4 rings (SSSR count). The number of amides is 1. The summed E-state index contributed by atoms with van der Waals surface area (Å²) in [5, 5.41) is 11.6. The van der Waals surface area contributed by atoms with Crippen LogP contribution in [0.2, 0.25) is 0 Å². The first-order valence-corrected chi connectivity index (χ1v) is 12.5. The van der Waals surface area contributed by atoms with Crippen LogP contribution in [0.4, 0.5) is 0 Å². The lowest BCUT2D eigenvalue weighted by atomic mass is 9.90. The van der Waals surface area contributed by atoms with Crippen LogP contribution in [0.5, 0.6) is 0 Å². The van der Waals surface area contributed by atoms with Crippen molar-refractivity contribution >= 4 is 26.8 Å². The van der Waals surface area contributed by atoms with Crippen molar-refractivity contribution in [2.45, 2.75) is 32.2 Å². The first kappa shape index (κ1) is 22.4. The van der Waals surface area contributed by atoms with Gasteiger partial charge in [-0.15, -0.1) is 0 Å². The maximum absolute atomic E-state index is 12.2. The largest absolute Gasteiger partial charge is 0.366 e. The molecule has 0 aliphatic carbocycles. The van der Waals surface area contributed by atoms with Gasteiger partial charge in [0.15, 0.2) is 0 Å². The van der Waals surface area contributed by atoms with E-state index in [1.807, 2.05) is 31.3 Å². The van der Waals surface area contributed by atoms with Crippen LogP contribution in [0, 0.1) is 0 Å². The quantitative estimate of drug-likeness (QED) is 0.506. The minimum absolute atomic E-state index is 0.110. The second-order valence-corrected chi connectivity index (χ2v) is 10.5. The molecule has 1 fully saturated rings. The summed E-state index contributed by atoms with van der Waals surface area (Å²) in [5.74, 6) is -0.290. The number of aromatic nitrogens is 2. The fourth-order valence-electron chi connectivity index (χ4n) is 4.47. The van der Waals surface area contributed by atoms with Crippen LogP contribution in [0.25, 0.3) is 22.0 Å². The van der Waals surface area contributed by atoms with E-state index in [1.54, 1.807) is 11.2 Å². The zero-order valence-electron chi connectivity index (χ0n) is 18.4. The number of nitrogens with two attached hydrogens (primary N) is 1. The molecule has 0 unspecified atom stereocenters. The normalized spacial score (nSPS) is 15.9. The number of piperidine rings is 1. The Hall–Kier alpha value is -2.75. The predicted molar refractivity (Wildman–Crippen MR) is 126 cm³/mol. The van der Waals surface area contributed by atoms with E-state index < -0.39 is 15.9 Å². The van der Waals surface area contributed by atoms with Gasteiger partial charge in [0.05, 0.1) is 22.5 Å². The third-order valence-corrected chi connectivity index (χ3v) is 8.09. The van der Waals surface area contributed by atoms with Gasteiger partial charge in [-0.2, -0.15) is 5.10 Å². The highest BCUT2D eigenvalue weighted by Gasteiger charge is 2.30. The molecule has 2 heterocycles. The molecule has 0 bridgehead atoms. The summed E-state index contributed by atoms with van der Waals surface area (Å²) in [7, 11) is -1.29. The van der Waals surface area contributed by atoms with Crippen LogP contribution >= 0.6 is 0 Å². The standard InChI is InChI=1S/C23H29N5O3S/c1-3-32(30,31)28-9-7-16(8-10-28)21-19-12-18(13-20(23(24)29)22(19)27-26-21)17-6-4-5-15(11-17)14-25-2/h4-6,11-13,16,25H,3,7-10,14H2,1-2H3,(H2,24,29)(H,26,27). The highest BCUT2D eigenvalue weighted by Crippen LogP contribution is 2.36. The van der Waals surface area contributed by atoms with E-state index in [1.165, 1.54) is 0 Å². The van der Waals surface area contributed by atoms with Crippen molar-refractivity contribution in [1.29, 1.82) is 0 Å². The molecule has 0 saturated carbocycles. The van der Waals surface area contributed by atoms with Crippen LogP contribution < -0.4 is 11.1 Å². The maximum Gasteiger partial charge on any atom is 0.250 e. The molecule has 3 aromatic rings. The first-order chi connectivity index (χ1) is 15.3. The molecule has 0 radical (unpaired) electrons. The molecule has 1 aliphatic heterocycles. The Balaban J connectivity index is 1.73. The number of hydrogen-bond acceptors (Lipinski definition) is 5. The zero-order chi connectivity index (χ0) is 22.9. The summed E-state index contributed by atoms with van der Waals surface area (Å²) in [6, 6.07) is 12.0. The zero-order valence-corrected chi connectivity index (χ0v) is 19.2. The fraction of sp³-hybridized carbons (Fsp3) is 0.391. The number of sulfonamides is 1. The molecule has 2 aromatic carbocycles. The van der Waals surface area contributed by atoms with Crippen molar-refractivity contribution in [2.75, 3.05) is 25.9 Å². The van der Waals surface area contributed by atoms with E-state index >= 15 is 0 Å². The third kappa shape index (κ3) is 4.28. The van der Waals surface area contributed by atoms with Crippen LogP contribution in [0.1, 0.15) is 47.3 Å². The van der Waals surface area contributed by atoms with Crippen molar-refractivity contribution in [1.82, 2.24) is 19.8 Å². The molecule has 0 spiro atoms. The van der Waals surface area contributed by atoms with Gasteiger partial charge in [-0.05, 0) is 61.7 Å². The molecular weight excluding hydrogens is 426 g/mol. The molecular formula is C23H29N5O3S. The van der Waals surface area contributed by atoms with E-state index in [9.17, 15) is 13.2 Å². The van der Waals surface area contributed by atoms with Gasteiger partial charge < -0.3 is 11.1 Å². The number of nitrogens with zero attached hydrogens (tertiary/aromatic N) is 2. The molecule has 1 saturated heterocycles. The van der Waals surface area contributed by atoms with Gasteiger partial charge in [0.1, 0.15) is 0 Å². The number of aromatic amines is 1. The Morgan fingerprint density at radius 3 is 2.62 bits per heavy atom. The molecule has 170 valence electrons. The third-order valence-electron chi connectivity index (χ3n) is 6.21. The summed E-state index contributed by atoms with van der Waals surface area (Å²) in [6.45, 7) is 3.36. The monoisotopic (exact) mass is 455 g/mol. The Morgan fingerprint density at radius 2 is 1.97 bits per heavy atom. The fourth-order valence-corrected chi connectivity index (χ4v) is 5.60. The van der Waals surface area contributed by atoms with Gasteiger partial charge in [0.25, 0.3) is 5.91 Å². The van der Waals surface area contributed by atoms with Gasteiger partial charge in [-0.25, -0.2) is 12.7 Å².